The van der Waals surface area contributed by atoms with Crippen LogP contribution in [0.25, 0.3) is 0 Å². The predicted molar refractivity (Wildman–Crippen MR) is 59.0 cm³/mol. The van der Waals surface area contributed by atoms with Crippen LogP contribution in [0.15, 0.2) is 30.3 Å². The van der Waals surface area contributed by atoms with Gasteiger partial charge in [-0.3, -0.25) is 0 Å². The molecule has 2 fully saturated rings. The summed E-state index contributed by atoms with van der Waals surface area (Å²) in [4.78, 5) is 22.9. The fourth-order valence-electron chi connectivity index (χ4n) is 2.10. The molecule has 2 aliphatic rings. The van der Waals surface area contributed by atoms with Crippen LogP contribution in [0.2, 0.25) is 0 Å². The number of fused-ring (bicyclic) bond motifs is 1. The molecule has 0 radical (unpaired) electrons. The third-order valence-electron chi connectivity index (χ3n) is 3.18. The average molecular weight is 232 g/mol. The second kappa shape index (κ2) is 3.48. The van der Waals surface area contributed by atoms with E-state index >= 15 is 0 Å². The summed E-state index contributed by atoms with van der Waals surface area (Å²) in [6.45, 7) is 0.240. The highest BCUT2D eigenvalue weighted by atomic mass is 16.5. The van der Waals surface area contributed by atoms with E-state index in [2.05, 4.69) is 10.6 Å². The van der Waals surface area contributed by atoms with Crippen LogP contribution in [0.3, 0.4) is 0 Å². The van der Waals surface area contributed by atoms with Crippen LogP contribution in [0.5, 0.6) is 0 Å². The van der Waals surface area contributed by atoms with Crippen molar-refractivity contribution >= 4 is 12.0 Å². The molecule has 0 spiro atoms. The van der Waals surface area contributed by atoms with Crippen LogP contribution in [-0.4, -0.2) is 23.6 Å². The maximum atomic E-state index is 11.9. The number of ether oxygens (including phenoxy) is 1. The zero-order valence-corrected chi connectivity index (χ0v) is 9.10. The Balaban J connectivity index is 1.60. The van der Waals surface area contributed by atoms with E-state index in [1.165, 1.54) is 0 Å². The number of benzene rings is 1. The van der Waals surface area contributed by atoms with E-state index in [1.54, 1.807) is 0 Å². The molecule has 17 heavy (non-hydrogen) atoms. The summed E-state index contributed by atoms with van der Waals surface area (Å²) < 4.78 is 5.21. The SMILES string of the molecule is O=C1NC2CC2(C(=O)OCc2ccccc2)N1. The molecule has 5 nitrogen and oxygen atoms in total. The summed E-state index contributed by atoms with van der Waals surface area (Å²) in [5.74, 6) is -0.357. The number of urea groups is 1. The molecule has 1 aromatic rings. The topological polar surface area (TPSA) is 67.4 Å². The molecule has 2 unspecified atom stereocenters. The summed E-state index contributed by atoms with van der Waals surface area (Å²) in [5, 5.41) is 5.28. The van der Waals surface area contributed by atoms with E-state index in [-0.39, 0.29) is 24.6 Å². The Hall–Kier alpha value is -2.04. The summed E-state index contributed by atoms with van der Waals surface area (Å²) in [6.07, 6.45) is 0.617. The van der Waals surface area contributed by atoms with Crippen molar-refractivity contribution in [2.45, 2.75) is 24.6 Å². The van der Waals surface area contributed by atoms with Crippen molar-refractivity contribution in [3.63, 3.8) is 0 Å². The lowest BCUT2D eigenvalue weighted by Crippen LogP contribution is -2.41. The van der Waals surface area contributed by atoms with Gasteiger partial charge in [0.1, 0.15) is 6.61 Å². The number of nitrogens with one attached hydrogen (secondary N) is 2. The Morgan fingerprint density at radius 3 is 2.82 bits per heavy atom. The number of hydrogen-bond donors (Lipinski definition) is 2. The number of rotatable bonds is 3. The molecule has 2 atom stereocenters. The lowest BCUT2D eigenvalue weighted by atomic mass is 10.2. The average Bonchev–Trinajstić information content (AvgIpc) is 2.92. The van der Waals surface area contributed by atoms with Gasteiger partial charge < -0.3 is 15.4 Å². The summed E-state index contributed by atoms with van der Waals surface area (Å²) in [7, 11) is 0. The van der Waals surface area contributed by atoms with Crippen molar-refractivity contribution in [2.75, 3.05) is 0 Å². The van der Waals surface area contributed by atoms with Crippen molar-refractivity contribution in [1.29, 1.82) is 0 Å². The third kappa shape index (κ3) is 1.63. The first-order valence-electron chi connectivity index (χ1n) is 5.50. The second-order valence-corrected chi connectivity index (χ2v) is 4.39. The highest BCUT2D eigenvalue weighted by Crippen LogP contribution is 2.40. The molecule has 1 aliphatic carbocycles. The Bertz CT molecular complexity index is 474. The number of carbonyl (C=O) groups is 2. The molecule has 3 rings (SSSR count). The quantitative estimate of drug-likeness (QED) is 0.748. The Labute approximate surface area is 98.1 Å². The van der Waals surface area contributed by atoms with Gasteiger partial charge in [0, 0.05) is 6.42 Å². The van der Waals surface area contributed by atoms with Gasteiger partial charge in [-0.05, 0) is 5.56 Å². The van der Waals surface area contributed by atoms with E-state index in [1.807, 2.05) is 30.3 Å². The highest BCUT2D eigenvalue weighted by molar-refractivity contribution is 5.96. The molecule has 2 N–H and O–H groups in total. The Morgan fingerprint density at radius 2 is 2.18 bits per heavy atom. The van der Waals surface area contributed by atoms with Gasteiger partial charge in [-0.1, -0.05) is 30.3 Å². The van der Waals surface area contributed by atoms with Crippen LogP contribution in [0.4, 0.5) is 4.79 Å². The molecular weight excluding hydrogens is 220 g/mol. The molecule has 1 aromatic carbocycles. The van der Waals surface area contributed by atoms with E-state index in [4.69, 9.17) is 4.74 Å². The van der Waals surface area contributed by atoms with Crippen LogP contribution in [-0.2, 0) is 16.1 Å². The zero-order chi connectivity index (χ0) is 11.9. The molecule has 2 amide bonds. The third-order valence-corrected chi connectivity index (χ3v) is 3.18. The largest absolute Gasteiger partial charge is 0.459 e. The number of amides is 2. The van der Waals surface area contributed by atoms with Gasteiger partial charge in [0.15, 0.2) is 5.54 Å². The van der Waals surface area contributed by atoms with E-state index in [9.17, 15) is 9.59 Å². The minimum atomic E-state index is -0.800. The van der Waals surface area contributed by atoms with Crippen molar-refractivity contribution in [3.8, 4) is 0 Å². The fraction of sp³-hybridized carbons (Fsp3) is 0.333. The van der Waals surface area contributed by atoms with Crippen molar-refractivity contribution in [3.05, 3.63) is 35.9 Å². The summed E-state index contributed by atoms with van der Waals surface area (Å²) in [5.41, 5.74) is 0.137. The standard InChI is InChI=1S/C12H12N2O3/c15-10(12-6-9(12)13-11(16)14-12)17-7-8-4-2-1-3-5-8/h1-5,9H,6-7H2,(H2,13,14,16). The van der Waals surface area contributed by atoms with Crippen LogP contribution in [0, 0.1) is 0 Å². The van der Waals surface area contributed by atoms with Crippen molar-refractivity contribution < 1.29 is 14.3 Å². The second-order valence-electron chi connectivity index (χ2n) is 4.39. The molecule has 1 saturated carbocycles. The first kappa shape index (κ1) is 10.1. The fourth-order valence-corrected chi connectivity index (χ4v) is 2.10. The van der Waals surface area contributed by atoms with Gasteiger partial charge in [0.2, 0.25) is 0 Å². The molecule has 1 heterocycles. The molecule has 1 aliphatic heterocycles. The first-order chi connectivity index (χ1) is 8.21. The lowest BCUT2D eigenvalue weighted by Gasteiger charge is -2.11. The van der Waals surface area contributed by atoms with Crippen molar-refractivity contribution in [2.24, 2.45) is 0 Å². The maximum Gasteiger partial charge on any atom is 0.334 e. The number of carbonyl (C=O) groups excluding carboxylic acids is 2. The van der Waals surface area contributed by atoms with Gasteiger partial charge in [0.25, 0.3) is 0 Å². The summed E-state index contributed by atoms with van der Waals surface area (Å²) in [6, 6.07) is 9.07. The van der Waals surface area contributed by atoms with Gasteiger partial charge in [0.05, 0.1) is 6.04 Å². The predicted octanol–water partition coefficient (Wildman–Crippen LogP) is 0.554. The Morgan fingerprint density at radius 1 is 1.41 bits per heavy atom. The monoisotopic (exact) mass is 232 g/mol. The molecular formula is C12H12N2O3. The number of esters is 1. The molecule has 88 valence electrons. The van der Waals surface area contributed by atoms with Gasteiger partial charge in [-0.25, -0.2) is 9.59 Å². The Kier molecular flexibility index (Phi) is 2.07. The van der Waals surface area contributed by atoms with Crippen LogP contribution >= 0.6 is 0 Å². The van der Waals surface area contributed by atoms with E-state index in [0.29, 0.717) is 6.42 Å². The van der Waals surface area contributed by atoms with Gasteiger partial charge in [-0.15, -0.1) is 0 Å². The first-order valence-corrected chi connectivity index (χ1v) is 5.50. The normalized spacial score (nSPS) is 28.9. The highest BCUT2D eigenvalue weighted by Gasteiger charge is 2.67. The minimum absolute atomic E-state index is 0.0988. The molecule has 0 aromatic heterocycles. The van der Waals surface area contributed by atoms with E-state index < -0.39 is 5.54 Å². The zero-order valence-electron chi connectivity index (χ0n) is 9.10. The smallest absolute Gasteiger partial charge is 0.334 e. The van der Waals surface area contributed by atoms with E-state index in [0.717, 1.165) is 5.56 Å². The maximum absolute atomic E-state index is 11.9. The summed E-state index contributed by atoms with van der Waals surface area (Å²) >= 11 is 0. The van der Waals surface area contributed by atoms with Gasteiger partial charge >= 0.3 is 12.0 Å². The van der Waals surface area contributed by atoms with Gasteiger partial charge in [-0.2, -0.15) is 0 Å². The van der Waals surface area contributed by atoms with Crippen LogP contribution < -0.4 is 10.6 Å². The molecule has 1 saturated heterocycles. The van der Waals surface area contributed by atoms with Crippen molar-refractivity contribution in [1.82, 2.24) is 10.6 Å². The molecule has 5 heteroatoms. The molecule has 0 bridgehead atoms. The lowest BCUT2D eigenvalue weighted by molar-refractivity contribution is -0.148. The minimum Gasteiger partial charge on any atom is -0.459 e. The van der Waals surface area contributed by atoms with Crippen LogP contribution in [0.1, 0.15) is 12.0 Å². The number of hydrogen-bond acceptors (Lipinski definition) is 3.